The van der Waals surface area contributed by atoms with Gasteiger partial charge in [-0.05, 0) is 6.92 Å². The summed E-state index contributed by atoms with van der Waals surface area (Å²) in [7, 11) is 0. The summed E-state index contributed by atoms with van der Waals surface area (Å²) in [6.45, 7) is 1.56. The van der Waals surface area contributed by atoms with E-state index in [0.29, 0.717) is 0 Å². The van der Waals surface area contributed by atoms with Crippen LogP contribution in [0.25, 0.3) is 0 Å². The van der Waals surface area contributed by atoms with E-state index in [0.717, 1.165) is 6.07 Å². The summed E-state index contributed by atoms with van der Waals surface area (Å²) in [4.78, 5) is 15.2. The zero-order valence-corrected chi connectivity index (χ0v) is 10.7. The fourth-order valence-corrected chi connectivity index (χ4v) is 1.47. The van der Waals surface area contributed by atoms with E-state index in [4.69, 9.17) is 11.5 Å². The van der Waals surface area contributed by atoms with E-state index in [-0.39, 0.29) is 30.2 Å². The average molecular weight is 293 g/mol. The Hall–Kier alpha value is -2.03. The molecule has 0 saturated carbocycles. The summed E-state index contributed by atoms with van der Waals surface area (Å²) < 4.78 is 45.5. The Balaban J connectivity index is 3.15. The highest BCUT2D eigenvalue weighted by atomic mass is 19.4. The Bertz CT molecular complexity index is 492. The number of rotatable bonds is 5. The summed E-state index contributed by atoms with van der Waals surface area (Å²) in [6.07, 6.45) is -5.38. The number of aromatic nitrogens is 1. The van der Waals surface area contributed by atoms with Crippen LogP contribution in [0.1, 0.15) is 18.2 Å². The number of hydrogen-bond acceptors (Lipinski definition) is 6. The minimum atomic E-state index is -4.91. The van der Waals surface area contributed by atoms with Gasteiger partial charge in [-0.2, -0.15) is 0 Å². The monoisotopic (exact) mass is 293 g/mol. The van der Waals surface area contributed by atoms with E-state index in [1.807, 2.05) is 0 Å². The van der Waals surface area contributed by atoms with Crippen LogP contribution in [0.4, 0.5) is 19.0 Å². The van der Waals surface area contributed by atoms with Gasteiger partial charge < -0.3 is 20.9 Å². The number of esters is 1. The lowest BCUT2D eigenvalue weighted by Crippen LogP contribution is -2.21. The SMILES string of the molecule is CCOC(=O)Cc1c(OC(F)(F)F)cc(CN)nc1N. The largest absolute Gasteiger partial charge is 0.573 e. The Morgan fingerprint density at radius 3 is 2.60 bits per heavy atom. The number of halogens is 3. The summed E-state index contributed by atoms with van der Waals surface area (Å²) in [6, 6.07) is 0.998. The van der Waals surface area contributed by atoms with Crippen molar-refractivity contribution in [1.82, 2.24) is 4.98 Å². The maximum absolute atomic E-state index is 12.3. The van der Waals surface area contributed by atoms with Gasteiger partial charge in [0.15, 0.2) is 0 Å². The highest BCUT2D eigenvalue weighted by molar-refractivity contribution is 5.75. The Morgan fingerprint density at radius 1 is 1.45 bits per heavy atom. The summed E-state index contributed by atoms with van der Waals surface area (Å²) in [5.74, 6) is -1.58. The predicted molar refractivity (Wildman–Crippen MR) is 63.6 cm³/mol. The second-order valence-electron chi connectivity index (χ2n) is 3.71. The third kappa shape index (κ3) is 4.57. The number of carbonyl (C=O) groups excluding carboxylic acids is 1. The first-order valence-corrected chi connectivity index (χ1v) is 5.66. The van der Waals surface area contributed by atoms with Crippen LogP contribution in [0, 0.1) is 0 Å². The van der Waals surface area contributed by atoms with E-state index in [2.05, 4.69) is 14.5 Å². The summed E-state index contributed by atoms with van der Waals surface area (Å²) >= 11 is 0. The summed E-state index contributed by atoms with van der Waals surface area (Å²) in [5.41, 5.74) is 10.8. The molecule has 112 valence electrons. The lowest BCUT2D eigenvalue weighted by molar-refractivity contribution is -0.274. The predicted octanol–water partition coefficient (Wildman–Crippen LogP) is 1.13. The molecular formula is C11H14F3N3O3. The molecule has 4 N–H and O–H groups in total. The molecule has 1 rings (SSSR count). The first-order valence-electron chi connectivity index (χ1n) is 5.66. The van der Waals surface area contributed by atoms with Crippen molar-refractivity contribution in [3.8, 4) is 5.75 Å². The average Bonchev–Trinajstić information content (AvgIpc) is 2.31. The van der Waals surface area contributed by atoms with Crippen molar-refractivity contribution < 1.29 is 27.4 Å². The molecule has 20 heavy (non-hydrogen) atoms. The van der Waals surface area contributed by atoms with Gasteiger partial charge >= 0.3 is 12.3 Å². The lowest BCUT2D eigenvalue weighted by Gasteiger charge is -2.15. The van der Waals surface area contributed by atoms with Gasteiger partial charge in [0.25, 0.3) is 0 Å². The van der Waals surface area contributed by atoms with Crippen LogP contribution in [0.15, 0.2) is 6.07 Å². The highest BCUT2D eigenvalue weighted by Gasteiger charge is 2.33. The van der Waals surface area contributed by atoms with Crippen molar-refractivity contribution in [3.63, 3.8) is 0 Å². The topological polar surface area (TPSA) is 100 Å². The number of ether oxygens (including phenoxy) is 2. The zero-order chi connectivity index (χ0) is 15.3. The number of nitrogens with two attached hydrogens (primary N) is 2. The van der Waals surface area contributed by atoms with E-state index < -0.39 is 24.5 Å². The fraction of sp³-hybridized carbons (Fsp3) is 0.455. The second kappa shape index (κ2) is 6.42. The molecule has 0 aliphatic heterocycles. The minimum Gasteiger partial charge on any atom is -0.466 e. The number of pyridine rings is 1. The molecule has 0 atom stereocenters. The van der Waals surface area contributed by atoms with Crippen LogP contribution < -0.4 is 16.2 Å². The van der Waals surface area contributed by atoms with Crippen LogP contribution in [-0.4, -0.2) is 23.9 Å². The molecule has 0 radical (unpaired) electrons. The molecule has 1 aromatic heterocycles. The van der Waals surface area contributed by atoms with Crippen LogP contribution in [0.5, 0.6) is 5.75 Å². The van der Waals surface area contributed by atoms with Crippen molar-refractivity contribution in [1.29, 1.82) is 0 Å². The van der Waals surface area contributed by atoms with Gasteiger partial charge in [-0.1, -0.05) is 0 Å². The first kappa shape index (κ1) is 16.0. The van der Waals surface area contributed by atoms with Gasteiger partial charge in [0.2, 0.25) is 0 Å². The van der Waals surface area contributed by atoms with Gasteiger partial charge in [0.05, 0.1) is 18.7 Å². The number of anilines is 1. The maximum Gasteiger partial charge on any atom is 0.573 e. The molecule has 0 aliphatic rings. The van der Waals surface area contributed by atoms with Crippen molar-refractivity contribution in [3.05, 3.63) is 17.3 Å². The van der Waals surface area contributed by atoms with Crippen molar-refractivity contribution in [2.24, 2.45) is 5.73 Å². The molecule has 9 heteroatoms. The molecule has 0 spiro atoms. The third-order valence-corrected chi connectivity index (χ3v) is 2.23. The van der Waals surface area contributed by atoms with Crippen LogP contribution in [0.3, 0.4) is 0 Å². The van der Waals surface area contributed by atoms with Crippen molar-refractivity contribution in [2.75, 3.05) is 12.3 Å². The van der Waals surface area contributed by atoms with E-state index in [1.165, 1.54) is 0 Å². The second-order valence-corrected chi connectivity index (χ2v) is 3.71. The lowest BCUT2D eigenvalue weighted by atomic mass is 10.1. The smallest absolute Gasteiger partial charge is 0.466 e. The van der Waals surface area contributed by atoms with Crippen molar-refractivity contribution in [2.45, 2.75) is 26.3 Å². The van der Waals surface area contributed by atoms with E-state index in [9.17, 15) is 18.0 Å². The highest BCUT2D eigenvalue weighted by Crippen LogP contribution is 2.30. The van der Waals surface area contributed by atoms with Crippen molar-refractivity contribution >= 4 is 11.8 Å². The quantitative estimate of drug-likeness (QED) is 0.789. The van der Waals surface area contributed by atoms with Gasteiger partial charge in [-0.15, -0.1) is 13.2 Å². The molecule has 0 unspecified atom stereocenters. The molecule has 0 amide bonds. The number of carbonyl (C=O) groups is 1. The van der Waals surface area contributed by atoms with Crippen LogP contribution in [-0.2, 0) is 22.5 Å². The van der Waals surface area contributed by atoms with Crippen LogP contribution >= 0.6 is 0 Å². The molecule has 0 aromatic carbocycles. The number of hydrogen-bond donors (Lipinski definition) is 2. The maximum atomic E-state index is 12.3. The Labute approximate surface area is 112 Å². The standard InChI is InChI=1S/C11H14F3N3O3/c1-2-19-9(18)4-7-8(20-11(12,13)14)3-6(5-15)17-10(7)16/h3H,2,4-5,15H2,1H3,(H2,16,17). The minimum absolute atomic E-state index is 0.0997. The van der Waals surface area contributed by atoms with Gasteiger partial charge in [0.1, 0.15) is 11.6 Å². The van der Waals surface area contributed by atoms with Crippen LogP contribution in [0.2, 0.25) is 0 Å². The van der Waals surface area contributed by atoms with Gasteiger partial charge in [-0.3, -0.25) is 4.79 Å². The molecule has 0 bridgehead atoms. The van der Waals surface area contributed by atoms with Gasteiger partial charge in [-0.25, -0.2) is 4.98 Å². The molecule has 0 saturated heterocycles. The Kier molecular flexibility index (Phi) is 5.14. The molecule has 1 heterocycles. The first-order chi connectivity index (χ1) is 9.26. The molecule has 0 aliphatic carbocycles. The molecule has 6 nitrogen and oxygen atoms in total. The summed E-state index contributed by atoms with van der Waals surface area (Å²) in [5, 5.41) is 0. The number of nitrogen functional groups attached to an aromatic ring is 1. The zero-order valence-electron chi connectivity index (χ0n) is 10.7. The number of alkyl halides is 3. The van der Waals surface area contributed by atoms with E-state index in [1.54, 1.807) is 6.92 Å². The number of nitrogens with zero attached hydrogens (tertiary/aromatic N) is 1. The molecule has 0 fully saturated rings. The normalized spacial score (nSPS) is 11.2. The molecular weight excluding hydrogens is 279 g/mol. The van der Waals surface area contributed by atoms with E-state index >= 15 is 0 Å². The fourth-order valence-electron chi connectivity index (χ4n) is 1.47. The third-order valence-electron chi connectivity index (χ3n) is 2.23. The molecule has 1 aromatic rings. The Morgan fingerprint density at radius 2 is 2.10 bits per heavy atom. The van der Waals surface area contributed by atoms with Gasteiger partial charge in [0, 0.05) is 18.2 Å².